The van der Waals surface area contributed by atoms with Gasteiger partial charge in [0.15, 0.2) is 5.78 Å². The van der Waals surface area contributed by atoms with Gasteiger partial charge in [0.2, 0.25) is 0 Å². The molecular weight excluding hydrogens is 268 g/mol. The predicted molar refractivity (Wildman–Crippen MR) is 81.1 cm³/mol. The van der Waals surface area contributed by atoms with Crippen molar-refractivity contribution in [1.29, 1.82) is 0 Å². The van der Waals surface area contributed by atoms with Gasteiger partial charge in [-0.25, -0.2) is 4.98 Å². The van der Waals surface area contributed by atoms with Crippen molar-refractivity contribution in [3.63, 3.8) is 0 Å². The maximum absolute atomic E-state index is 12.4. The standard InChI is InChI=1S/C16H18N2OS/c17-9-16-18-14(10-20-16)15(19)8-12-6-3-5-11-4-1-2-7-13(11)12/h1-2,4,7,10,12H,3,5-6,8-9,17H2. The average molecular weight is 286 g/mol. The molecule has 1 aliphatic rings. The summed E-state index contributed by atoms with van der Waals surface area (Å²) in [6.45, 7) is 0.407. The second-order valence-corrected chi connectivity index (χ2v) is 6.19. The zero-order valence-corrected chi connectivity index (χ0v) is 12.2. The number of aromatic nitrogens is 1. The Morgan fingerprint density at radius 3 is 3.05 bits per heavy atom. The van der Waals surface area contributed by atoms with Gasteiger partial charge in [-0.05, 0) is 36.3 Å². The maximum Gasteiger partial charge on any atom is 0.182 e. The number of carbonyl (C=O) groups is 1. The van der Waals surface area contributed by atoms with Gasteiger partial charge in [0.05, 0.1) is 0 Å². The molecule has 2 N–H and O–H groups in total. The molecule has 0 aliphatic heterocycles. The summed E-state index contributed by atoms with van der Waals surface area (Å²) < 4.78 is 0. The van der Waals surface area contributed by atoms with E-state index in [0.717, 1.165) is 17.8 Å². The molecule has 1 aliphatic carbocycles. The molecule has 1 unspecified atom stereocenters. The Morgan fingerprint density at radius 2 is 2.25 bits per heavy atom. The molecule has 3 nitrogen and oxygen atoms in total. The minimum Gasteiger partial charge on any atom is -0.325 e. The Hall–Kier alpha value is -1.52. The number of hydrogen-bond donors (Lipinski definition) is 1. The molecule has 3 rings (SSSR count). The van der Waals surface area contributed by atoms with Crippen LogP contribution in [-0.4, -0.2) is 10.8 Å². The summed E-state index contributed by atoms with van der Waals surface area (Å²) in [7, 11) is 0. The summed E-state index contributed by atoms with van der Waals surface area (Å²) in [5, 5.41) is 2.66. The van der Waals surface area contributed by atoms with E-state index in [2.05, 4.69) is 29.2 Å². The van der Waals surface area contributed by atoms with Gasteiger partial charge >= 0.3 is 0 Å². The highest BCUT2D eigenvalue weighted by molar-refractivity contribution is 7.09. The van der Waals surface area contributed by atoms with Crippen LogP contribution in [0.3, 0.4) is 0 Å². The summed E-state index contributed by atoms with van der Waals surface area (Å²) >= 11 is 1.47. The van der Waals surface area contributed by atoms with Crippen LogP contribution in [0.15, 0.2) is 29.6 Å². The number of benzene rings is 1. The smallest absolute Gasteiger partial charge is 0.182 e. The third-order valence-electron chi connectivity index (χ3n) is 3.94. The van der Waals surface area contributed by atoms with Crippen molar-refractivity contribution in [3.05, 3.63) is 51.5 Å². The Morgan fingerprint density at radius 1 is 1.40 bits per heavy atom. The van der Waals surface area contributed by atoms with Gasteiger partial charge in [-0.2, -0.15) is 0 Å². The first-order chi connectivity index (χ1) is 9.78. The lowest BCUT2D eigenvalue weighted by Gasteiger charge is -2.24. The topological polar surface area (TPSA) is 56.0 Å². The Bertz CT molecular complexity index is 620. The number of carbonyl (C=O) groups excluding carboxylic acids is 1. The summed E-state index contributed by atoms with van der Waals surface area (Å²) in [6.07, 6.45) is 3.95. The second-order valence-electron chi connectivity index (χ2n) is 5.25. The van der Waals surface area contributed by atoms with E-state index < -0.39 is 0 Å². The highest BCUT2D eigenvalue weighted by atomic mass is 32.1. The lowest BCUT2D eigenvalue weighted by molar-refractivity contribution is 0.0966. The third kappa shape index (κ3) is 2.67. The Labute approximate surface area is 122 Å². The zero-order valence-electron chi connectivity index (χ0n) is 11.3. The van der Waals surface area contributed by atoms with E-state index >= 15 is 0 Å². The number of aryl methyl sites for hydroxylation is 1. The first kappa shape index (κ1) is 13.5. The van der Waals surface area contributed by atoms with E-state index in [1.165, 1.54) is 28.9 Å². The Kier molecular flexibility index (Phi) is 3.94. The highest BCUT2D eigenvalue weighted by Gasteiger charge is 2.23. The van der Waals surface area contributed by atoms with Crippen LogP contribution in [-0.2, 0) is 13.0 Å². The van der Waals surface area contributed by atoms with Gasteiger partial charge in [-0.1, -0.05) is 24.3 Å². The number of nitrogens with zero attached hydrogens (tertiary/aromatic N) is 1. The van der Waals surface area contributed by atoms with Crippen molar-refractivity contribution in [1.82, 2.24) is 4.98 Å². The van der Waals surface area contributed by atoms with Gasteiger partial charge < -0.3 is 5.73 Å². The van der Waals surface area contributed by atoms with E-state index in [0.29, 0.717) is 24.6 Å². The monoisotopic (exact) mass is 286 g/mol. The molecule has 0 bridgehead atoms. The van der Waals surface area contributed by atoms with Crippen molar-refractivity contribution in [2.24, 2.45) is 5.73 Å². The molecule has 1 heterocycles. The molecular formula is C16H18N2OS. The number of thiazole rings is 1. The normalized spacial score (nSPS) is 17.8. The third-order valence-corrected chi connectivity index (χ3v) is 4.81. The van der Waals surface area contributed by atoms with Crippen molar-refractivity contribution in [2.45, 2.75) is 38.1 Å². The van der Waals surface area contributed by atoms with E-state index in [1.54, 1.807) is 0 Å². The first-order valence-electron chi connectivity index (χ1n) is 7.03. The zero-order chi connectivity index (χ0) is 13.9. The maximum atomic E-state index is 12.4. The average Bonchev–Trinajstić information content (AvgIpc) is 2.97. The van der Waals surface area contributed by atoms with Gasteiger partial charge in [0.1, 0.15) is 10.7 Å². The number of Topliss-reactive ketones (excluding diaryl/α,β-unsaturated/α-hetero) is 1. The van der Waals surface area contributed by atoms with Crippen molar-refractivity contribution < 1.29 is 4.79 Å². The number of nitrogens with two attached hydrogens (primary N) is 1. The number of hydrogen-bond acceptors (Lipinski definition) is 4. The fourth-order valence-corrected chi connectivity index (χ4v) is 3.61. The van der Waals surface area contributed by atoms with Gasteiger partial charge in [0.25, 0.3) is 0 Å². The van der Waals surface area contributed by atoms with Gasteiger partial charge in [0, 0.05) is 18.3 Å². The van der Waals surface area contributed by atoms with Crippen LogP contribution in [0.25, 0.3) is 0 Å². The fourth-order valence-electron chi connectivity index (χ4n) is 2.93. The summed E-state index contributed by atoms with van der Waals surface area (Å²) in [4.78, 5) is 16.6. The molecule has 1 aromatic carbocycles. The van der Waals surface area contributed by atoms with Crippen molar-refractivity contribution in [3.8, 4) is 0 Å². The van der Waals surface area contributed by atoms with Crippen molar-refractivity contribution in [2.75, 3.05) is 0 Å². The quantitative estimate of drug-likeness (QED) is 0.877. The molecule has 0 radical (unpaired) electrons. The molecule has 0 fully saturated rings. The highest BCUT2D eigenvalue weighted by Crippen LogP contribution is 2.34. The number of ketones is 1. The SMILES string of the molecule is NCc1nc(C(=O)CC2CCCc3ccccc32)cs1. The molecule has 0 amide bonds. The van der Waals surface area contributed by atoms with Crippen molar-refractivity contribution >= 4 is 17.1 Å². The summed E-state index contributed by atoms with van der Waals surface area (Å²) in [5.74, 6) is 0.484. The lowest BCUT2D eigenvalue weighted by Crippen LogP contribution is -2.14. The summed E-state index contributed by atoms with van der Waals surface area (Å²) in [5.41, 5.74) is 8.88. The van der Waals surface area contributed by atoms with Gasteiger partial charge in [-0.3, -0.25) is 4.79 Å². The van der Waals surface area contributed by atoms with E-state index in [4.69, 9.17) is 5.73 Å². The molecule has 1 atom stereocenters. The predicted octanol–water partition coefficient (Wildman–Crippen LogP) is 3.29. The largest absolute Gasteiger partial charge is 0.325 e. The van der Waals surface area contributed by atoms with Crippen LogP contribution in [0.1, 0.15) is 51.8 Å². The first-order valence-corrected chi connectivity index (χ1v) is 7.91. The molecule has 4 heteroatoms. The minimum atomic E-state index is 0.141. The molecule has 20 heavy (non-hydrogen) atoms. The molecule has 0 saturated heterocycles. The molecule has 104 valence electrons. The summed E-state index contributed by atoms with van der Waals surface area (Å²) in [6, 6.07) is 8.49. The minimum absolute atomic E-state index is 0.141. The van der Waals surface area contributed by atoms with Crippen LogP contribution in [0, 0.1) is 0 Å². The molecule has 0 saturated carbocycles. The molecule has 2 aromatic rings. The number of fused-ring (bicyclic) bond motifs is 1. The molecule has 0 spiro atoms. The molecule has 1 aromatic heterocycles. The number of rotatable bonds is 4. The van der Waals surface area contributed by atoms with Crippen LogP contribution >= 0.6 is 11.3 Å². The van der Waals surface area contributed by atoms with Crippen LogP contribution in [0.4, 0.5) is 0 Å². The second kappa shape index (κ2) is 5.85. The van der Waals surface area contributed by atoms with Crippen LogP contribution in [0.2, 0.25) is 0 Å². The Balaban J connectivity index is 1.77. The van der Waals surface area contributed by atoms with E-state index in [-0.39, 0.29) is 5.78 Å². The van der Waals surface area contributed by atoms with Crippen LogP contribution in [0.5, 0.6) is 0 Å². The van der Waals surface area contributed by atoms with Crippen LogP contribution < -0.4 is 5.73 Å². The fraction of sp³-hybridized carbons (Fsp3) is 0.375. The van der Waals surface area contributed by atoms with E-state index in [9.17, 15) is 4.79 Å². The van der Waals surface area contributed by atoms with E-state index in [1.807, 2.05) is 5.38 Å². The lowest BCUT2D eigenvalue weighted by atomic mass is 9.80. The van der Waals surface area contributed by atoms with Gasteiger partial charge in [-0.15, -0.1) is 11.3 Å².